The van der Waals surface area contributed by atoms with Gasteiger partial charge in [-0.1, -0.05) is 23.4 Å². The van der Waals surface area contributed by atoms with Crippen molar-refractivity contribution in [1.29, 1.82) is 0 Å². The lowest BCUT2D eigenvalue weighted by molar-refractivity contribution is -0.117. The first-order chi connectivity index (χ1) is 12.2. The number of nitrogens with zero attached hydrogens (tertiary/aromatic N) is 2. The number of aromatic nitrogens is 2. The zero-order valence-electron chi connectivity index (χ0n) is 13.8. The Kier molecular flexibility index (Phi) is 6.41. The number of fused-ring (bicyclic) bond motifs is 1. The van der Waals surface area contributed by atoms with E-state index in [4.69, 9.17) is 0 Å². The maximum absolute atomic E-state index is 11.9. The van der Waals surface area contributed by atoms with E-state index in [1.807, 2.05) is 11.4 Å². The number of rotatable bonds is 6. The third-order valence-electron chi connectivity index (χ3n) is 3.93. The molecule has 8 heteroatoms. The van der Waals surface area contributed by atoms with Crippen molar-refractivity contribution in [2.75, 3.05) is 12.3 Å². The van der Waals surface area contributed by atoms with Gasteiger partial charge in [0.15, 0.2) is 0 Å². The maximum atomic E-state index is 11.9. The van der Waals surface area contributed by atoms with Gasteiger partial charge in [0.2, 0.25) is 5.91 Å². The fraction of sp³-hybridized carbons (Fsp3) is 0.412. The molecule has 0 saturated heterocycles. The minimum Gasteiger partial charge on any atom is -0.337 e. The molecule has 0 aromatic carbocycles. The molecule has 0 spiro atoms. The van der Waals surface area contributed by atoms with Crippen LogP contribution in [-0.4, -0.2) is 34.2 Å². The van der Waals surface area contributed by atoms with Gasteiger partial charge in [-0.25, -0.2) is 14.8 Å². The highest BCUT2D eigenvalue weighted by molar-refractivity contribution is 8.00. The summed E-state index contributed by atoms with van der Waals surface area (Å²) in [6.07, 6.45) is 9.35. The molecule has 0 atom stereocenters. The number of hydrogen-bond donors (Lipinski definition) is 2. The van der Waals surface area contributed by atoms with Crippen molar-refractivity contribution >= 4 is 45.3 Å². The Bertz CT molecular complexity index is 788. The molecule has 3 amide bonds. The summed E-state index contributed by atoms with van der Waals surface area (Å²) in [5.41, 5.74) is 1.40. The Hall–Kier alpha value is -1.93. The molecule has 6 nitrogen and oxygen atoms in total. The predicted molar refractivity (Wildman–Crippen MR) is 101 cm³/mol. The second-order valence-electron chi connectivity index (χ2n) is 5.77. The number of allylic oxidation sites excluding steroid dienone is 1. The van der Waals surface area contributed by atoms with Gasteiger partial charge in [-0.3, -0.25) is 10.1 Å². The van der Waals surface area contributed by atoms with E-state index in [0.29, 0.717) is 6.54 Å². The largest absolute Gasteiger partial charge is 0.337 e. The summed E-state index contributed by atoms with van der Waals surface area (Å²) < 4.78 is 0. The number of thiophene rings is 1. The van der Waals surface area contributed by atoms with Crippen LogP contribution >= 0.6 is 23.1 Å². The number of imide groups is 1. The molecule has 25 heavy (non-hydrogen) atoms. The third-order valence-corrected chi connectivity index (χ3v) is 5.76. The van der Waals surface area contributed by atoms with Crippen LogP contribution in [0.4, 0.5) is 4.79 Å². The molecular formula is C17H20N4O2S2. The van der Waals surface area contributed by atoms with Crippen LogP contribution in [0.15, 0.2) is 34.4 Å². The Morgan fingerprint density at radius 3 is 3.04 bits per heavy atom. The van der Waals surface area contributed by atoms with Crippen LogP contribution in [0, 0.1) is 0 Å². The van der Waals surface area contributed by atoms with Crippen LogP contribution in [0.5, 0.6) is 0 Å². The highest BCUT2D eigenvalue weighted by Gasteiger charge is 2.11. The molecule has 0 unspecified atom stereocenters. The average molecular weight is 377 g/mol. The van der Waals surface area contributed by atoms with Crippen LogP contribution in [0.1, 0.15) is 32.1 Å². The van der Waals surface area contributed by atoms with E-state index in [-0.39, 0.29) is 11.7 Å². The van der Waals surface area contributed by atoms with E-state index in [2.05, 4.69) is 26.7 Å². The van der Waals surface area contributed by atoms with Gasteiger partial charge in [-0.05, 0) is 43.6 Å². The molecule has 3 rings (SSSR count). The predicted octanol–water partition coefficient (Wildman–Crippen LogP) is 3.50. The van der Waals surface area contributed by atoms with Gasteiger partial charge in [0.25, 0.3) is 0 Å². The highest BCUT2D eigenvalue weighted by Crippen LogP contribution is 2.27. The van der Waals surface area contributed by atoms with Gasteiger partial charge >= 0.3 is 6.03 Å². The van der Waals surface area contributed by atoms with E-state index in [1.165, 1.54) is 47.8 Å². The van der Waals surface area contributed by atoms with Crippen LogP contribution in [0.3, 0.4) is 0 Å². The van der Waals surface area contributed by atoms with Crippen molar-refractivity contribution in [2.45, 2.75) is 37.1 Å². The summed E-state index contributed by atoms with van der Waals surface area (Å²) in [6.45, 7) is 0.555. The van der Waals surface area contributed by atoms with Crippen molar-refractivity contribution in [2.24, 2.45) is 0 Å². The van der Waals surface area contributed by atoms with Gasteiger partial charge in [0.1, 0.15) is 16.2 Å². The number of carbonyl (C=O) groups excluding carboxylic acids is 2. The Labute approximate surface area is 154 Å². The van der Waals surface area contributed by atoms with Crippen LogP contribution in [-0.2, 0) is 4.79 Å². The van der Waals surface area contributed by atoms with Crippen LogP contribution < -0.4 is 10.6 Å². The Balaban J connectivity index is 1.39. The molecule has 0 aliphatic heterocycles. The van der Waals surface area contributed by atoms with Crippen molar-refractivity contribution < 1.29 is 9.59 Å². The zero-order chi connectivity index (χ0) is 17.5. The average Bonchev–Trinajstić information content (AvgIpc) is 3.10. The van der Waals surface area contributed by atoms with Crippen molar-refractivity contribution in [3.63, 3.8) is 0 Å². The zero-order valence-corrected chi connectivity index (χ0v) is 15.4. The lowest BCUT2D eigenvalue weighted by Crippen LogP contribution is -2.40. The van der Waals surface area contributed by atoms with Gasteiger partial charge in [-0.15, -0.1) is 11.3 Å². The summed E-state index contributed by atoms with van der Waals surface area (Å²) in [7, 11) is 0. The minimum absolute atomic E-state index is 0.139. The first-order valence-corrected chi connectivity index (χ1v) is 10.2. The van der Waals surface area contributed by atoms with Crippen molar-refractivity contribution in [1.82, 2.24) is 20.6 Å². The lowest BCUT2D eigenvalue weighted by atomic mass is 9.97. The van der Waals surface area contributed by atoms with Crippen LogP contribution in [0.25, 0.3) is 10.2 Å². The molecule has 0 fully saturated rings. The highest BCUT2D eigenvalue weighted by atomic mass is 32.2. The molecule has 2 heterocycles. The number of amides is 3. The first kappa shape index (κ1) is 17.9. The monoisotopic (exact) mass is 376 g/mol. The number of urea groups is 1. The number of thioether (sulfide) groups is 1. The summed E-state index contributed by atoms with van der Waals surface area (Å²) in [5.74, 6) is -0.193. The smallest absolute Gasteiger partial charge is 0.321 e. The summed E-state index contributed by atoms with van der Waals surface area (Å²) in [6, 6.07) is 1.50. The molecule has 2 N–H and O–H groups in total. The van der Waals surface area contributed by atoms with Crippen molar-refractivity contribution in [3.05, 3.63) is 29.4 Å². The maximum Gasteiger partial charge on any atom is 0.321 e. The van der Waals surface area contributed by atoms with E-state index in [0.717, 1.165) is 34.5 Å². The van der Waals surface area contributed by atoms with Gasteiger partial charge in [-0.2, -0.15) is 0 Å². The molecule has 1 aliphatic rings. The Morgan fingerprint density at radius 2 is 2.20 bits per heavy atom. The standard InChI is InChI=1S/C17H20N4O2S2/c22-14(10-25-16-13-7-9-24-15(13)19-11-20-16)21-17(23)18-8-6-12-4-2-1-3-5-12/h4,7,9,11H,1-3,5-6,8,10H2,(H2,18,21,22,23). The van der Waals surface area contributed by atoms with Gasteiger partial charge in [0.05, 0.1) is 5.75 Å². The van der Waals surface area contributed by atoms with Gasteiger partial charge < -0.3 is 5.32 Å². The summed E-state index contributed by atoms with van der Waals surface area (Å²) in [5, 5.41) is 8.74. The molecule has 0 radical (unpaired) electrons. The fourth-order valence-electron chi connectivity index (χ4n) is 2.69. The van der Waals surface area contributed by atoms with E-state index >= 15 is 0 Å². The normalized spacial score (nSPS) is 14.2. The quantitative estimate of drug-likeness (QED) is 0.458. The van der Waals surface area contributed by atoms with Crippen LogP contribution in [0.2, 0.25) is 0 Å². The number of nitrogens with one attached hydrogen (secondary N) is 2. The third kappa shape index (κ3) is 5.27. The summed E-state index contributed by atoms with van der Waals surface area (Å²) in [4.78, 5) is 33.0. The first-order valence-electron chi connectivity index (χ1n) is 8.29. The topological polar surface area (TPSA) is 84.0 Å². The fourth-order valence-corrected chi connectivity index (χ4v) is 4.27. The molecule has 132 valence electrons. The molecule has 2 aromatic rings. The summed E-state index contributed by atoms with van der Waals surface area (Å²) >= 11 is 2.84. The second-order valence-corrected chi connectivity index (χ2v) is 7.63. The van der Waals surface area contributed by atoms with E-state index in [1.54, 1.807) is 0 Å². The number of carbonyl (C=O) groups is 2. The van der Waals surface area contributed by atoms with E-state index in [9.17, 15) is 9.59 Å². The molecule has 0 bridgehead atoms. The Morgan fingerprint density at radius 1 is 1.28 bits per heavy atom. The SMILES string of the molecule is O=C(CSc1ncnc2sccc12)NC(=O)NCCC1=CCCCC1. The van der Waals surface area contributed by atoms with E-state index < -0.39 is 6.03 Å². The molecule has 2 aromatic heterocycles. The van der Waals surface area contributed by atoms with Crippen molar-refractivity contribution in [3.8, 4) is 0 Å². The molecular weight excluding hydrogens is 356 g/mol. The second kappa shape index (κ2) is 8.96. The van der Waals surface area contributed by atoms with Gasteiger partial charge in [0, 0.05) is 11.9 Å². The molecule has 1 aliphatic carbocycles. The molecule has 0 saturated carbocycles. The number of hydrogen-bond acceptors (Lipinski definition) is 6. The minimum atomic E-state index is -0.439. The lowest BCUT2D eigenvalue weighted by Gasteiger charge is -2.13.